The quantitative estimate of drug-likeness (QED) is 0.204. The second-order valence-electron chi connectivity index (χ2n) is 10.8. The second kappa shape index (κ2) is 14.9. The number of rotatable bonds is 16. The molecule has 2 aromatic rings. The Morgan fingerprint density at radius 2 is 1.05 bits per heavy atom. The largest absolute Gasteiger partial charge is 0.493 e. The van der Waals surface area contributed by atoms with Crippen LogP contribution in [0.1, 0.15) is 76.3 Å². The first kappa shape index (κ1) is 29.0. The molecule has 4 rings (SSSR count). The van der Waals surface area contributed by atoms with Crippen LogP contribution in [0.4, 0.5) is 0 Å². The lowest BCUT2D eigenvalue weighted by Gasteiger charge is -2.34. The highest BCUT2D eigenvalue weighted by molar-refractivity contribution is 5.46. The van der Waals surface area contributed by atoms with Gasteiger partial charge < -0.3 is 14.2 Å². The Morgan fingerprint density at radius 1 is 0.590 bits per heavy atom. The van der Waals surface area contributed by atoms with E-state index in [1.807, 2.05) is 0 Å². The summed E-state index contributed by atoms with van der Waals surface area (Å²) < 4.78 is 18.5. The standard InChI is InChI=1S/C36H46O3/c1-3-27-38-33-19-9-7-17-31(33)35(21-11-5-12-22-35)25-15-29-37-30-16-26-36(23-13-6-14-24-36)32-18-8-10-20-34(32)39-28-4-2/h5-14,17-21,23H,3-4,15-16,22,24-30H2,1-2H3. The van der Waals surface area contributed by atoms with Crippen molar-refractivity contribution in [2.45, 2.75) is 76.0 Å². The monoisotopic (exact) mass is 526 g/mol. The maximum Gasteiger partial charge on any atom is 0.123 e. The Balaban J connectivity index is 1.32. The number of para-hydroxylation sites is 2. The molecule has 2 aliphatic carbocycles. The van der Waals surface area contributed by atoms with Gasteiger partial charge in [-0.1, -0.05) is 98.9 Å². The first-order valence-electron chi connectivity index (χ1n) is 14.9. The smallest absolute Gasteiger partial charge is 0.123 e. The molecule has 0 aromatic heterocycles. The van der Waals surface area contributed by atoms with Gasteiger partial charge in [-0.3, -0.25) is 0 Å². The zero-order chi connectivity index (χ0) is 27.2. The van der Waals surface area contributed by atoms with Crippen molar-refractivity contribution < 1.29 is 14.2 Å². The Labute approximate surface area is 236 Å². The van der Waals surface area contributed by atoms with Gasteiger partial charge in [0.25, 0.3) is 0 Å². The van der Waals surface area contributed by atoms with Crippen molar-refractivity contribution in [3.63, 3.8) is 0 Å². The van der Waals surface area contributed by atoms with Gasteiger partial charge in [-0.05, 0) is 63.5 Å². The molecule has 2 atom stereocenters. The fourth-order valence-electron chi connectivity index (χ4n) is 5.88. The maximum atomic E-state index is 6.22. The fourth-order valence-corrected chi connectivity index (χ4v) is 5.88. The van der Waals surface area contributed by atoms with E-state index in [1.165, 1.54) is 11.1 Å². The summed E-state index contributed by atoms with van der Waals surface area (Å²) in [4.78, 5) is 0. The first-order chi connectivity index (χ1) is 19.2. The summed E-state index contributed by atoms with van der Waals surface area (Å²) in [7, 11) is 0. The number of hydrogen-bond acceptors (Lipinski definition) is 3. The lowest BCUT2D eigenvalue weighted by atomic mass is 9.72. The summed E-state index contributed by atoms with van der Waals surface area (Å²) >= 11 is 0. The predicted molar refractivity (Wildman–Crippen MR) is 163 cm³/mol. The Hall–Kier alpha value is -3.04. The molecule has 208 valence electrons. The average Bonchev–Trinajstić information content (AvgIpc) is 2.99. The molecule has 0 N–H and O–H groups in total. The lowest BCUT2D eigenvalue weighted by Crippen LogP contribution is -2.26. The Morgan fingerprint density at radius 3 is 1.46 bits per heavy atom. The molecule has 2 aromatic carbocycles. The predicted octanol–water partition coefficient (Wildman–Crippen LogP) is 9.05. The zero-order valence-electron chi connectivity index (χ0n) is 23.9. The van der Waals surface area contributed by atoms with Gasteiger partial charge in [0, 0.05) is 35.2 Å². The molecule has 0 amide bonds. The molecule has 3 nitrogen and oxygen atoms in total. The Kier molecular flexibility index (Phi) is 11.1. The number of hydrogen-bond donors (Lipinski definition) is 0. The van der Waals surface area contributed by atoms with E-state index in [0.717, 1.165) is 89.3 Å². The molecular formula is C36H46O3. The normalized spacial score (nSPS) is 21.8. The van der Waals surface area contributed by atoms with Crippen LogP contribution in [-0.2, 0) is 15.6 Å². The van der Waals surface area contributed by atoms with Crippen molar-refractivity contribution in [3.05, 3.63) is 108 Å². The van der Waals surface area contributed by atoms with Gasteiger partial charge in [-0.15, -0.1) is 0 Å². The Bertz CT molecular complexity index is 1050. The highest BCUT2D eigenvalue weighted by Gasteiger charge is 2.33. The van der Waals surface area contributed by atoms with Crippen LogP contribution < -0.4 is 9.47 Å². The number of ether oxygens (including phenoxy) is 3. The molecule has 0 fully saturated rings. The van der Waals surface area contributed by atoms with Gasteiger partial charge in [-0.25, -0.2) is 0 Å². The van der Waals surface area contributed by atoms with Crippen molar-refractivity contribution in [1.29, 1.82) is 0 Å². The molecule has 2 aliphatic rings. The summed E-state index contributed by atoms with van der Waals surface area (Å²) in [5.74, 6) is 2.03. The van der Waals surface area contributed by atoms with Crippen molar-refractivity contribution in [1.82, 2.24) is 0 Å². The molecule has 0 spiro atoms. The van der Waals surface area contributed by atoms with E-state index < -0.39 is 0 Å². The molecule has 2 unspecified atom stereocenters. The fraction of sp³-hybridized carbons (Fsp3) is 0.444. The third-order valence-electron chi connectivity index (χ3n) is 7.88. The van der Waals surface area contributed by atoms with Crippen LogP contribution in [-0.4, -0.2) is 26.4 Å². The van der Waals surface area contributed by atoms with E-state index in [4.69, 9.17) is 14.2 Å². The van der Waals surface area contributed by atoms with Crippen LogP contribution in [0, 0.1) is 0 Å². The van der Waals surface area contributed by atoms with Gasteiger partial charge in [0.1, 0.15) is 11.5 Å². The lowest BCUT2D eigenvalue weighted by molar-refractivity contribution is 0.119. The maximum absolute atomic E-state index is 6.22. The average molecular weight is 527 g/mol. The molecule has 0 saturated heterocycles. The molecule has 0 radical (unpaired) electrons. The minimum Gasteiger partial charge on any atom is -0.493 e. The van der Waals surface area contributed by atoms with Gasteiger partial charge >= 0.3 is 0 Å². The highest BCUT2D eigenvalue weighted by atomic mass is 16.5. The topological polar surface area (TPSA) is 27.7 Å². The minimum atomic E-state index is -0.0338. The van der Waals surface area contributed by atoms with Crippen LogP contribution >= 0.6 is 0 Å². The number of allylic oxidation sites excluding steroid dienone is 8. The van der Waals surface area contributed by atoms with Gasteiger partial charge in [0.05, 0.1) is 13.2 Å². The van der Waals surface area contributed by atoms with Gasteiger partial charge in [0.2, 0.25) is 0 Å². The van der Waals surface area contributed by atoms with E-state index in [-0.39, 0.29) is 10.8 Å². The van der Waals surface area contributed by atoms with E-state index in [2.05, 4.69) is 111 Å². The molecular weight excluding hydrogens is 480 g/mol. The van der Waals surface area contributed by atoms with E-state index in [1.54, 1.807) is 0 Å². The molecule has 0 saturated carbocycles. The van der Waals surface area contributed by atoms with Crippen LogP contribution in [0.3, 0.4) is 0 Å². The minimum absolute atomic E-state index is 0.0338. The van der Waals surface area contributed by atoms with E-state index in [0.29, 0.717) is 0 Å². The van der Waals surface area contributed by atoms with E-state index in [9.17, 15) is 0 Å². The highest BCUT2D eigenvalue weighted by Crippen LogP contribution is 2.43. The molecule has 39 heavy (non-hydrogen) atoms. The second-order valence-corrected chi connectivity index (χ2v) is 10.8. The van der Waals surface area contributed by atoms with Crippen molar-refractivity contribution in [2.75, 3.05) is 26.4 Å². The van der Waals surface area contributed by atoms with Crippen LogP contribution in [0.25, 0.3) is 0 Å². The summed E-state index contributed by atoms with van der Waals surface area (Å²) in [5, 5.41) is 0. The third-order valence-corrected chi connectivity index (χ3v) is 7.88. The van der Waals surface area contributed by atoms with Gasteiger partial charge in [0.15, 0.2) is 0 Å². The summed E-state index contributed by atoms with van der Waals surface area (Å²) in [5.41, 5.74) is 2.52. The summed E-state index contributed by atoms with van der Waals surface area (Å²) in [6.07, 6.45) is 26.1. The number of benzene rings is 2. The van der Waals surface area contributed by atoms with Crippen LogP contribution in [0.15, 0.2) is 97.1 Å². The summed E-state index contributed by atoms with van der Waals surface area (Å²) in [6.45, 7) is 7.35. The molecule has 0 heterocycles. The SMILES string of the molecule is CCCOc1ccccc1C1(CCCOCCCC2(c3ccccc3OCCC)C=CC=CC2)C=CC=CC1. The van der Waals surface area contributed by atoms with Crippen LogP contribution in [0.2, 0.25) is 0 Å². The van der Waals surface area contributed by atoms with Crippen molar-refractivity contribution in [3.8, 4) is 11.5 Å². The van der Waals surface area contributed by atoms with Crippen molar-refractivity contribution in [2.24, 2.45) is 0 Å². The first-order valence-corrected chi connectivity index (χ1v) is 14.9. The van der Waals surface area contributed by atoms with Gasteiger partial charge in [-0.2, -0.15) is 0 Å². The van der Waals surface area contributed by atoms with Crippen LogP contribution in [0.5, 0.6) is 11.5 Å². The third kappa shape index (κ3) is 7.54. The molecule has 3 heteroatoms. The van der Waals surface area contributed by atoms with Crippen molar-refractivity contribution >= 4 is 0 Å². The zero-order valence-corrected chi connectivity index (χ0v) is 23.9. The molecule has 0 bridgehead atoms. The summed E-state index contributed by atoms with van der Waals surface area (Å²) in [6, 6.07) is 17.1. The van der Waals surface area contributed by atoms with E-state index >= 15 is 0 Å². The molecule has 0 aliphatic heterocycles.